The summed E-state index contributed by atoms with van der Waals surface area (Å²) in [5, 5.41) is 12.4. The summed E-state index contributed by atoms with van der Waals surface area (Å²) in [6, 6.07) is 28.0. The van der Waals surface area contributed by atoms with E-state index >= 15 is 0 Å². The van der Waals surface area contributed by atoms with Crippen LogP contribution in [0.5, 0.6) is 5.75 Å². The van der Waals surface area contributed by atoms with Gasteiger partial charge in [0.05, 0.1) is 17.0 Å². The van der Waals surface area contributed by atoms with Crippen LogP contribution in [-0.2, 0) is 33.9 Å². The Morgan fingerprint density at radius 1 is 0.732 bits per heavy atom. The predicted octanol–water partition coefficient (Wildman–Crippen LogP) is 4.57. The van der Waals surface area contributed by atoms with E-state index in [1.54, 1.807) is 18.2 Å². The van der Waals surface area contributed by atoms with Crippen molar-refractivity contribution in [2.24, 2.45) is 11.8 Å². The van der Waals surface area contributed by atoms with E-state index in [0.717, 1.165) is 54.2 Å². The number of rotatable bonds is 7. The van der Waals surface area contributed by atoms with Crippen LogP contribution in [0.2, 0.25) is 0 Å². The van der Waals surface area contributed by atoms with E-state index in [-0.39, 0.29) is 30.6 Å². The van der Waals surface area contributed by atoms with E-state index in [9.17, 15) is 29.1 Å². The molecule has 11 nitrogen and oxygen atoms in total. The van der Waals surface area contributed by atoms with Gasteiger partial charge in [0.2, 0.25) is 17.7 Å². The summed E-state index contributed by atoms with van der Waals surface area (Å²) in [5.41, 5.74) is 8.87. The maximum Gasteiger partial charge on any atom is 0.262 e. The predicted molar refractivity (Wildman–Crippen MR) is 207 cm³/mol. The molecule has 0 spiro atoms. The Labute approximate surface area is 324 Å². The molecule has 284 valence electrons. The van der Waals surface area contributed by atoms with Gasteiger partial charge < -0.3 is 14.9 Å². The molecule has 1 aliphatic carbocycles. The Bertz CT molecular complexity index is 2250. The summed E-state index contributed by atoms with van der Waals surface area (Å²) < 4.78 is 0. The Balaban J connectivity index is 0.724. The third kappa shape index (κ3) is 5.87. The van der Waals surface area contributed by atoms with Gasteiger partial charge in [-0.2, -0.15) is 0 Å². The molecule has 0 bridgehead atoms. The van der Waals surface area contributed by atoms with E-state index in [0.29, 0.717) is 54.9 Å². The summed E-state index contributed by atoms with van der Waals surface area (Å²) in [5.74, 6) is -0.521. The van der Waals surface area contributed by atoms with Gasteiger partial charge in [0.25, 0.3) is 11.8 Å². The largest absolute Gasteiger partial charge is 0.508 e. The van der Waals surface area contributed by atoms with Gasteiger partial charge in [0.1, 0.15) is 11.8 Å². The molecule has 3 saturated heterocycles. The van der Waals surface area contributed by atoms with Crippen molar-refractivity contribution in [2.75, 3.05) is 37.6 Å². The van der Waals surface area contributed by atoms with Crippen LogP contribution in [0.15, 0.2) is 84.9 Å². The second kappa shape index (κ2) is 13.4. The first-order valence-corrected chi connectivity index (χ1v) is 19.8. The van der Waals surface area contributed by atoms with Crippen molar-refractivity contribution >= 4 is 35.2 Å². The van der Waals surface area contributed by atoms with Gasteiger partial charge >= 0.3 is 0 Å². The minimum absolute atomic E-state index is 0.00998. The molecule has 11 heteroatoms. The second-order valence-corrected chi connectivity index (χ2v) is 16.5. The molecule has 4 aromatic carbocycles. The fraction of sp³-hybridized carbons (Fsp3) is 0.356. The number of fused-ring (bicyclic) bond motifs is 3. The van der Waals surface area contributed by atoms with Gasteiger partial charge in [0, 0.05) is 69.8 Å². The van der Waals surface area contributed by atoms with Crippen LogP contribution in [-0.4, -0.2) is 88.1 Å². The maximum atomic E-state index is 13.4. The van der Waals surface area contributed by atoms with E-state index in [1.807, 2.05) is 11.0 Å². The van der Waals surface area contributed by atoms with Gasteiger partial charge in [-0.3, -0.25) is 39.1 Å². The number of nitrogens with zero attached hydrogens (tertiary/aromatic N) is 4. The van der Waals surface area contributed by atoms with Crippen LogP contribution in [0.25, 0.3) is 0 Å². The van der Waals surface area contributed by atoms with Crippen LogP contribution in [0.4, 0.5) is 5.69 Å². The summed E-state index contributed by atoms with van der Waals surface area (Å²) in [6.45, 7) is 5.03. The number of carbonyl (C=O) groups is 5. The number of aromatic hydroxyl groups is 1. The summed E-state index contributed by atoms with van der Waals surface area (Å²) >= 11 is 0. The Morgan fingerprint density at radius 2 is 1.43 bits per heavy atom. The van der Waals surface area contributed by atoms with E-state index in [2.05, 4.69) is 75.8 Å². The number of hydrogen-bond acceptors (Lipinski definition) is 8. The lowest BCUT2D eigenvalue weighted by Gasteiger charge is -2.47. The molecule has 3 fully saturated rings. The average Bonchev–Trinajstić information content (AvgIpc) is 3.67. The molecule has 56 heavy (non-hydrogen) atoms. The lowest BCUT2D eigenvalue weighted by atomic mass is 9.69. The maximum absolute atomic E-state index is 13.4. The minimum atomic E-state index is -0.970. The third-order valence-corrected chi connectivity index (χ3v) is 13.0. The van der Waals surface area contributed by atoms with Gasteiger partial charge in [-0.1, -0.05) is 48.5 Å². The van der Waals surface area contributed by atoms with Gasteiger partial charge in [-0.25, -0.2) is 0 Å². The molecular formula is C45H43N5O6. The topological polar surface area (TPSA) is 131 Å². The number of carbonyl (C=O) groups excluding carboxylic acids is 5. The SMILES string of the molecule is O=C1CCC(N2C(=O)c3cc4c(cc3C2=O)CN(CC2CN(C(=O)C3CN(c5ccc([C@@H]6c7ccc(O)cc7CC[C@@H]6c6ccccc6)cc5)C3)C2)C4)C(=O)N1. The fourth-order valence-corrected chi connectivity index (χ4v) is 10.1. The van der Waals surface area contributed by atoms with Crippen molar-refractivity contribution in [3.8, 4) is 5.75 Å². The zero-order valence-corrected chi connectivity index (χ0v) is 31.0. The van der Waals surface area contributed by atoms with Crippen molar-refractivity contribution in [3.05, 3.63) is 129 Å². The number of phenols is 1. The Kier molecular flexibility index (Phi) is 8.32. The lowest BCUT2D eigenvalue weighted by molar-refractivity contribution is -0.143. The van der Waals surface area contributed by atoms with Crippen molar-refractivity contribution in [1.29, 1.82) is 0 Å². The van der Waals surface area contributed by atoms with Crippen molar-refractivity contribution in [2.45, 2.75) is 56.7 Å². The normalized spacial score (nSPS) is 23.7. The van der Waals surface area contributed by atoms with Crippen LogP contribution in [0, 0.1) is 11.8 Å². The molecule has 4 aromatic rings. The summed E-state index contributed by atoms with van der Waals surface area (Å²) in [6.07, 6.45) is 2.19. The minimum Gasteiger partial charge on any atom is -0.508 e. The second-order valence-electron chi connectivity index (χ2n) is 16.5. The molecule has 0 radical (unpaired) electrons. The summed E-state index contributed by atoms with van der Waals surface area (Å²) in [7, 11) is 0. The first kappa shape index (κ1) is 34.7. The molecular weight excluding hydrogens is 707 g/mol. The van der Waals surface area contributed by atoms with Gasteiger partial charge in [-0.15, -0.1) is 0 Å². The van der Waals surface area contributed by atoms with E-state index < -0.39 is 29.7 Å². The molecule has 2 N–H and O–H groups in total. The number of aryl methyl sites for hydroxylation is 1. The van der Waals surface area contributed by atoms with Crippen molar-refractivity contribution in [3.63, 3.8) is 0 Å². The Morgan fingerprint density at radius 3 is 2.11 bits per heavy atom. The molecule has 1 unspecified atom stereocenters. The molecule has 10 rings (SSSR count). The van der Waals surface area contributed by atoms with Gasteiger partial charge in [0.15, 0.2) is 0 Å². The average molecular weight is 750 g/mol. The standard InChI is InChI=1S/C45H43N5O6/c51-34-11-13-36-29(16-34)8-12-35(27-4-2-1-3-5-27)41(36)28-6-9-33(10-7-28)48-24-32(25-48)43(54)49-20-26(21-49)19-47-22-30-17-37-38(18-31(30)23-47)45(56)50(44(37)55)39-14-15-40(52)46-42(39)53/h1-7,9-11,13,16-18,26,32,35,39,41,51H,8,12,14-15,19-25H2,(H,46,52,53)/t35-,39?,41+/m1/s1. The van der Waals surface area contributed by atoms with Crippen LogP contribution in [0.1, 0.15) is 85.2 Å². The molecule has 5 aliphatic heterocycles. The first-order valence-electron chi connectivity index (χ1n) is 19.8. The third-order valence-electron chi connectivity index (χ3n) is 13.0. The first-order chi connectivity index (χ1) is 27.2. The molecule has 0 saturated carbocycles. The lowest BCUT2D eigenvalue weighted by Crippen LogP contribution is -2.60. The number of imide groups is 2. The molecule has 3 atom stereocenters. The smallest absolute Gasteiger partial charge is 0.262 e. The number of nitrogens with one attached hydrogen (secondary N) is 1. The molecule has 5 amide bonds. The highest BCUT2D eigenvalue weighted by atomic mass is 16.3. The molecule has 5 heterocycles. The number of phenolic OH excluding ortho intramolecular Hbond substituents is 1. The van der Waals surface area contributed by atoms with Crippen LogP contribution >= 0.6 is 0 Å². The van der Waals surface area contributed by atoms with Crippen LogP contribution in [0.3, 0.4) is 0 Å². The number of piperidine rings is 1. The fourth-order valence-electron chi connectivity index (χ4n) is 10.1. The Hall–Kier alpha value is -5.81. The highest BCUT2D eigenvalue weighted by Gasteiger charge is 2.46. The monoisotopic (exact) mass is 749 g/mol. The summed E-state index contributed by atoms with van der Waals surface area (Å²) in [4.78, 5) is 71.6. The number of amides is 5. The number of likely N-dealkylation sites (tertiary alicyclic amines) is 1. The zero-order chi connectivity index (χ0) is 38.2. The number of hydrogen-bond donors (Lipinski definition) is 2. The highest BCUT2D eigenvalue weighted by Crippen LogP contribution is 2.47. The molecule has 6 aliphatic rings. The quantitative estimate of drug-likeness (QED) is 0.263. The highest BCUT2D eigenvalue weighted by molar-refractivity contribution is 6.23. The van der Waals surface area contributed by atoms with Gasteiger partial charge in [-0.05, 0) is 95.0 Å². The van der Waals surface area contributed by atoms with E-state index in [1.165, 1.54) is 22.3 Å². The van der Waals surface area contributed by atoms with Crippen molar-refractivity contribution in [1.82, 2.24) is 20.0 Å². The van der Waals surface area contributed by atoms with Crippen LogP contribution < -0.4 is 10.2 Å². The zero-order valence-electron chi connectivity index (χ0n) is 31.0. The number of benzene rings is 4. The van der Waals surface area contributed by atoms with Crippen molar-refractivity contribution < 1.29 is 29.1 Å². The number of anilines is 1. The molecule has 0 aromatic heterocycles. The van der Waals surface area contributed by atoms with E-state index in [4.69, 9.17) is 0 Å².